The highest BCUT2D eigenvalue weighted by Gasteiger charge is 2.85. The predicted octanol–water partition coefficient (Wildman–Crippen LogP) is -2.05. The fourth-order valence-electron chi connectivity index (χ4n) is 10.1. The normalized spacial score (nSPS) is 45.6. The van der Waals surface area contributed by atoms with Crippen molar-refractivity contribution in [2.75, 3.05) is 20.3 Å². The van der Waals surface area contributed by atoms with Crippen molar-refractivity contribution in [1.82, 2.24) is 0 Å². The Hall–Kier alpha value is -3.49. The van der Waals surface area contributed by atoms with Crippen molar-refractivity contribution in [1.29, 1.82) is 0 Å². The minimum absolute atomic E-state index is 0.00828. The minimum Gasteiger partial charge on any atom is -0.467 e. The summed E-state index contributed by atoms with van der Waals surface area (Å²) in [6.45, 7) is 7.89. The first-order valence-electron chi connectivity index (χ1n) is 17.8. The Morgan fingerprint density at radius 3 is 2.30 bits per heavy atom. The van der Waals surface area contributed by atoms with E-state index >= 15 is 0 Å². The monoisotopic (exact) mass is 768 g/mol. The van der Waals surface area contributed by atoms with Gasteiger partial charge in [-0.3, -0.25) is 9.59 Å². The molecule has 16 atom stereocenters. The lowest BCUT2D eigenvalue weighted by Gasteiger charge is -2.67. The van der Waals surface area contributed by atoms with Crippen LogP contribution in [0.15, 0.2) is 23.5 Å². The zero-order chi connectivity index (χ0) is 40.0. The third-order valence-corrected chi connectivity index (χ3v) is 12.8. The smallest absolute Gasteiger partial charge is 0.348 e. The minimum atomic E-state index is -2.43. The molecule has 2 bridgehead atoms. The number of aliphatic hydroxyl groups excluding tert-OH is 6. The maximum absolute atomic E-state index is 13.9. The molecule has 1 spiro atoms. The number of esters is 4. The Morgan fingerprint density at radius 1 is 1.02 bits per heavy atom. The third kappa shape index (κ3) is 5.63. The molecule has 54 heavy (non-hydrogen) atoms. The average Bonchev–Trinajstić information content (AvgIpc) is 3.41. The second kappa shape index (κ2) is 13.6. The van der Waals surface area contributed by atoms with Crippen molar-refractivity contribution < 1.29 is 87.8 Å². The van der Waals surface area contributed by atoms with Crippen molar-refractivity contribution in [3.05, 3.63) is 23.5 Å². The topological polar surface area (TPSA) is 271 Å². The summed E-state index contributed by atoms with van der Waals surface area (Å²) in [5, 5.41) is 65.1. The third-order valence-electron chi connectivity index (χ3n) is 12.8. The first-order chi connectivity index (χ1) is 25.1. The SMILES string of the molecule is COC(=O)C12OC[C@]34[C@H]([C@@H](O)[C@@H]1O)[C@@]1(C)C=C(O[C@@H]5O[C@H](CO)[C@@H](O)[C@H](O)[C@H]5O)C(=O)[C@@H](C)[C@@H]1C[C@H]3OC(=O)[C@H](OC(=O)/C=C(\C)C(C)(C)OC(C)=O)[C@@H]24. The molecule has 6 aliphatic rings. The van der Waals surface area contributed by atoms with Crippen LogP contribution in [-0.4, -0.2) is 147 Å². The largest absolute Gasteiger partial charge is 0.467 e. The van der Waals surface area contributed by atoms with Crippen molar-refractivity contribution in [2.24, 2.45) is 34.5 Å². The Balaban J connectivity index is 1.45. The lowest BCUT2D eigenvalue weighted by Crippen LogP contribution is -2.79. The highest BCUT2D eigenvalue weighted by Crippen LogP contribution is 2.72. The Kier molecular flexibility index (Phi) is 10.1. The van der Waals surface area contributed by atoms with Crippen LogP contribution in [0.25, 0.3) is 0 Å². The van der Waals surface area contributed by atoms with Gasteiger partial charge in [0.05, 0.1) is 32.3 Å². The number of methoxy groups -OCH3 is 1. The van der Waals surface area contributed by atoms with Gasteiger partial charge in [-0.15, -0.1) is 0 Å². The first kappa shape index (κ1) is 40.2. The summed E-state index contributed by atoms with van der Waals surface area (Å²) in [7, 11) is 1.03. The molecule has 5 fully saturated rings. The number of fused-ring (bicyclic) bond motifs is 2. The summed E-state index contributed by atoms with van der Waals surface area (Å²) in [5.41, 5.74) is -6.34. The van der Waals surface area contributed by atoms with Crippen LogP contribution in [0.4, 0.5) is 0 Å². The van der Waals surface area contributed by atoms with Crippen LogP contribution < -0.4 is 0 Å². The van der Waals surface area contributed by atoms with E-state index in [1.807, 2.05) is 0 Å². The van der Waals surface area contributed by atoms with Crippen LogP contribution in [0, 0.1) is 34.5 Å². The highest BCUT2D eigenvalue weighted by atomic mass is 16.7. The number of aliphatic hydroxyl groups is 6. The quantitative estimate of drug-likeness (QED) is 0.0881. The lowest BCUT2D eigenvalue weighted by molar-refractivity contribution is -0.296. The Labute approximate surface area is 309 Å². The molecular weight excluding hydrogens is 720 g/mol. The molecule has 0 aromatic carbocycles. The molecule has 3 aliphatic carbocycles. The number of ether oxygens (including phenoxy) is 7. The fourth-order valence-corrected chi connectivity index (χ4v) is 10.1. The number of carbonyl (C=O) groups excluding carboxylic acids is 5. The molecule has 1 unspecified atom stereocenters. The van der Waals surface area contributed by atoms with Gasteiger partial charge in [0.15, 0.2) is 11.5 Å². The average molecular weight is 769 g/mol. The fraction of sp³-hybridized carbons (Fsp3) is 0.750. The molecule has 0 radical (unpaired) electrons. The molecule has 6 rings (SSSR count). The summed E-state index contributed by atoms with van der Waals surface area (Å²) in [5.74, 6) is -9.12. The predicted molar refractivity (Wildman–Crippen MR) is 175 cm³/mol. The second-order valence-electron chi connectivity index (χ2n) is 16.0. The maximum atomic E-state index is 13.9. The number of hydrogen-bond donors (Lipinski definition) is 6. The van der Waals surface area contributed by atoms with E-state index in [1.165, 1.54) is 33.8 Å². The van der Waals surface area contributed by atoms with Crippen LogP contribution >= 0.6 is 0 Å². The van der Waals surface area contributed by atoms with E-state index < -0.39 is 144 Å². The number of hydrogen-bond acceptors (Lipinski definition) is 18. The molecule has 18 heteroatoms. The number of Topliss-reactive ketones (excluding diaryl/α,β-unsaturated/α-hetero) is 1. The molecule has 0 aromatic rings. The molecule has 300 valence electrons. The van der Waals surface area contributed by atoms with E-state index in [1.54, 1.807) is 13.8 Å². The van der Waals surface area contributed by atoms with Crippen molar-refractivity contribution in [3.63, 3.8) is 0 Å². The van der Waals surface area contributed by atoms with Crippen LogP contribution in [0.1, 0.15) is 48.0 Å². The Bertz CT molecular complexity index is 1650. The summed E-state index contributed by atoms with van der Waals surface area (Å²) in [6, 6.07) is 0. The number of ketones is 1. The van der Waals surface area contributed by atoms with Gasteiger partial charge < -0.3 is 63.8 Å². The summed E-state index contributed by atoms with van der Waals surface area (Å²) in [4.78, 5) is 66.7. The highest BCUT2D eigenvalue weighted by molar-refractivity contribution is 5.97. The van der Waals surface area contributed by atoms with Crippen molar-refractivity contribution in [3.8, 4) is 0 Å². The van der Waals surface area contributed by atoms with E-state index in [-0.39, 0.29) is 17.8 Å². The molecule has 0 aromatic heterocycles. The molecule has 3 heterocycles. The molecule has 3 aliphatic heterocycles. The van der Waals surface area contributed by atoms with Gasteiger partial charge in [0, 0.05) is 30.3 Å². The van der Waals surface area contributed by atoms with Gasteiger partial charge in [-0.2, -0.15) is 0 Å². The molecule has 6 N–H and O–H groups in total. The molecule has 0 amide bonds. The van der Waals surface area contributed by atoms with Crippen molar-refractivity contribution in [2.45, 2.75) is 114 Å². The number of rotatable bonds is 8. The molecule has 3 saturated heterocycles. The lowest BCUT2D eigenvalue weighted by atomic mass is 9.38. The van der Waals surface area contributed by atoms with Gasteiger partial charge in [0.25, 0.3) is 0 Å². The van der Waals surface area contributed by atoms with Gasteiger partial charge in [-0.1, -0.05) is 13.8 Å². The van der Waals surface area contributed by atoms with Gasteiger partial charge >= 0.3 is 23.9 Å². The Morgan fingerprint density at radius 2 is 1.69 bits per heavy atom. The van der Waals surface area contributed by atoms with E-state index in [9.17, 15) is 54.6 Å². The van der Waals surface area contributed by atoms with E-state index in [0.717, 1.165) is 13.2 Å². The zero-order valence-corrected chi connectivity index (χ0v) is 30.9. The van der Waals surface area contributed by atoms with Crippen LogP contribution in [0.5, 0.6) is 0 Å². The zero-order valence-electron chi connectivity index (χ0n) is 30.9. The van der Waals surface area contributed by atoms with Crippen LogP contribution in [0.2, 0.25) is 0 Å². The van der Waals surface area contributed by atoms with Gasteiger partial charge in [0.1, 0.15) is 42.2 Å². The second-order valence-corrected chi connectivity index (χ2v) is 16.0. The molecule has 2 saturated carbocycles. The van der Waals surface area contributed by atoms with E-state index in [0.29, 0.717) is 0 Å². The van der Waals surface area contributed by atoms with Crippen LogP contribution in [0.3, 0.4) is 0 Å². The van der Waals surface area contributed by atoms with Gasteiger partial charge in [-0.05, 0) is 50.2 Å². The van der Waals surface area contributed by atoms with E-state index in [2.05, 4.69) is 0 Å². The standard InChI is InChI=1S/C36H48O18/c1-13(33(4,5)54-15(3)38)8-20(39)53-26-28-35-12-49-36(28,32(47)48-7)29(45)25(44)27(35)34(6)10-17(21(40)14(2)16(34)9-19(35)52-30(26)46)50-31-24(43)23(42)22(41)18(11-37)51-31/h8,10,14,16,18-19,22-29,31,37,41-45H,9,11-12H2,1-7H3/b13-8+/t14-,16-,18+,19+,22+,23-,24+,25+,26+,27+,28+,29-,31+,34-,35+,36?/m0/s1. The van der Waals surface area contributed by atoms with E-state index in [4.69, 9.17) is 33.2 Å². The van der Waals surface area contributed by atoms with Crippen LogP contribution in [-0.2, 0) is 57.1 Å². The maximum Gasteiger partial charge on any atom is 0.348 e. The number of allylic oxidation sites excluding steroid dienone is 2. The molecule has 18 nitrogen and oxygen atoms in total. The first-order valence-corrected chi connectivity index (χ1v) is 17.8. The summed E-state index contributed by atoms with van der Waals surface area (Å²) >= 11 is 0. The summed E-state index contributed by atoms with van der Waals surface area (Å²) < 4.78 is 39.7. The van der Waals surface area contributed by atoms with Crippen molar-refractivity contribution >= 4 is 29.7 Å². The molecular formula is C36H48O18. The summed E-state index contributed by atoms with van der Waals surface area (Å²) in [6.07, 6.45) is -12.9. The van der Waals surface area contributed by atoms with Gasteiger partial charge in [0.2, 0.25) is 18.0 Å². The number of carbonyl (C=O) groups is 5. The van der Waals surface area contributed by atoms with Gasteiger partial charge in [-0.25, -0.2) is 14.4 Å².